The third-order valence-corrected chi connectivity index (χ3v) is 4.92. The Morgan fingerprint density at radius 3 is 1.93 bits per heavy atom. The lowest BCUT2D eigenvalue weighted by atomic mass is 10.00. The second kappa shape index (κ2) is 13.1. The molecule has 0 radical (unpaired) electrons. The van der Waals surface area contributed by atoms with Crippen molar-refractivity contribution in [3.8, 4) is 0 Å². The van der Waals surface area contributed by atoms with E-state index in [0.29, 0.717) is 6.54 Å². The molecule has 1 saturated carbocycles. The predicted molar refractivity (Wildman–Crippen MR) is 109 cm³/mol. The van der Waals surface area contributed by atoms with Crippen LogP contribution >= 0.6 is 0 Å². The summed E-state index contributed by atoms with van der Waals surface area (Å²) in [6.45, 7) is 0.432. The molecule has 5 nitrogen and oxygen atoms in total. The summed E-state index contributed by atoms with van der Waals surface area (Å²) in [6, 6.07) is 9.66. The summed E-state index contributed by atoms with van der Waals surface area (Å²) in [5.74, 6) is -0.630. The molecular weight excluding hydrogens is 338 g/mol. The lowest BCUT2D eigenvalue weighted by Crippen LogP contribution is -2.30. The fourth-order valence-electron chi connectivity index (χ4n) is 3.32. The Morgan fingerprint density at radius 2 is 1.33 bits per heavy atom. The lowest BCUT2D eigenvalue weighted by molar-refractivity contribution is -0.129. The molecule has 1 aromatic rings. The van der Waals surface area contributed by atoms with Crippen molar-refractivity contribution in [2.45, 2.75) is 83.6 Å². The maximum Gasteiger partial charge on any atom is 0.249 e. The summed E-state index contributed by atoms with van der Waals surface area (Å²) in [6.07, 6.45) is 13.0. The monoisotopic (exact) mass is 371 g/mol. The van der Waals surface area contributed by atoms with E-state index in [4.69, 9.17) is 0 Å². The molecule has 0 saturated heterocycles. The molecule has 0 heterocycles. The van der Waals surface area contributed by atoms with E-state index < -0.39 is 0 Å². The second-order valence-corrected chi connectivity index (χ2v) is 7.33. The first-order valence-electron chi connectivity index (χ1n) is 10.4. The number of carbonyl (C=O) groups excluding carboxylic acids is 2. The van der Waals surface area contributed by atoms with Crippen LogP contribution in [0.3, 0.4) is 0 Å². The van der Waals surface area contributed by atoms with Crippen LogP contribution in [-0.4, -0.2) is 17.5 Å². The number of hydrazone groups is 1. The van der Waals surface area contributed by atoms with Gasteiger partial charge in [0.25, 0.3) is 0 Å². The molecule has 0 bridgehead atoms. The quantitative estimate of drug-likeness (QED) is 0.592. The van der Waals surface area contributed by atoms with Crippen LogP contribution in [0.15, 0.2) is 35.4 Å². The zero-order valence-electron chi connectivity index (χ0n) is 16.3. The maximum absolute atomic E-state index is 12.0. The molecule has 148 valence electrons. The van der Waals surface area contributed by atoms with E-state index in [1.807, 2.05) is 30.3 Å². The van der Waals surface area contributed by atoms with E-state index in [9.17, 15) is 9.59 Å². The summed E-state index contributed by atoms with van der Waals surface area (Å²) in [7, 11) is 0. The van der Waals surface area contributed by atoms with E-state index in [-0.39, 0.29) is 18.2 Å². The van der Waals surface area contributed by atoms with Crippen LogP contribution in [0.1, 0.15) is 82.6 Å². The van der Waals surface area contributed by atoms with Crippen molar-refractivity contribution in [2.75, 3.05) is 0 Å². The van der Waals surface area contributed by atoms with Crippen molar-refractivity contribution in [1.29, 1.82) is 0 Å². The highest BCUT2D eigenvalue weighted by atomic mass is 16.2. The van der Waals surface area contributed by atoms with Gasteiger partial charge in [0.05, 0.1) is 0 Å². The van der Waals surface area contributed by atoms with Gasteiger partial charge in [-0.2, -0.15) is 5.10 Å². The smallest absolute Gasteiger partial charge is 0.249 e. The van der Waals surface area contributed by atoms with Crippen molar-refractivity contribution in [3.63, 3.8) is 0 Å². The number of hydrogen-bond acceptors (Lipinski definition) is 3. The van der Waals surface area contributed by atoms with Crippen LogP contribution in [-0.2, 0) is 16.1 Å². The SMILES string of the molecule is O=C(CC(=O)NN=C1CCCCCCCCCCC1)NCc1ccccc1. The Hall–Kier alpha value is -2.17. The van der Waals surface area contributed by atoms with E-state index in [1.54, 1.807) is 0 Å². The first kappa shape index (κ1) is 21.1. The molecule has 2 amide bonds. The van der Waals surface area contributed by atoms with E-state index in [0.717, 1.165) is 37.0 Å². The Kier molecular flexibility index (Phi) is 10.2. The first-order chi connectivity index (χ1) is 13.2. The van der Waals surface area contributed by atoms with Crippen molar-refractivity contribution >= 4 is 17.5 Å². The van der Waals surface area contributed by atoms with Gasteiger partial charge in [-0.15, -0.1) is 0 Å². The van der Waals surface area contributed by atoms with Crippen LogP contribution in [0.25, 0.3) is 0 Å². The van der Waals surface area contributed by atoms with Gasteiger partial charge in [-0.3, -0.25) is 9.59 Å². The first-order valence-corrected chi connectivity index (χ1v) is 10.4. The van der Waals surface area contributed by atoms with Gasteiger partial charge >= 0.3 is 0 Å². The van der Waals surface area contributed by atoms with Gasteiger partial charge in [0.2, 0.25) is 11.8 Å². The molecule has 0 atom stereocenters. The van der Waals surface area contributed by atoms with Crippen LogP contribution < -0.4 is 10.7 Å². The normalized spacial score (nSPS) is 16.5. The highest BCUT2D eigenvalue weighted by Gasteiger charge is 2.09. The van der Waals surface area contributed by atoms with Crippen LogP contribution in [0.5, 0.6) is 0 Å². The number of amides is 2. The van der Waals surface area contributed by atoms with Crippen LogP contribution in [0, 0.1) is 0 Å². The molecule has 1 aliphatic carbocycles. The highest BCUT2D eigenvalue weighted by molar-refractivity contribution is 5.97. The molecule has 0 spiro atoms. The molecule has 0 unspecified atom stereocenters. The number of nitrogens with one attached hydrogen (secondary N) is 2. The molecule has 0 aliphatic heterocycles. The summed E-state index contributed by atoms with van der Waals surface area (Å²) in [5.41, 5.74) is 4.66. The zero-order chi connectivity index (χ0) is 19.2. The minimum absolute atomic E-state index is 0.191. The minimum atomic E-state index is -0.348. The fraction of sp³-hybridized carbons (Fsp3) is 0.591. The largest absolute Gasteiger partial charge is 0.352 e. The number of benzene rings is 1. The molecule has 27 heavy (non-hydrogen) atoms. The molecule has 1 aromatic carbocycles. The number of hydrogen-bond donors (Lipinski definition) is 2. The fourth-order valence-corrected chi connectivity index (χ4v) is 3.32. The molecule has 2 N–H and O–H groups in total. The Labute approximate surface area is 163 Å². The standard InChI is InChI=1S/C22H33N3O2/c26-21(23-18-19-13-9-8-10-14-19)17-22(27)25-24-20-15-11-6-4-2-1-3-5-7-12-16-20/h8-10,13-14H,1-7,11-12,15-18H2,(H,23,26)(H,25,27). The summed E-state index contributed by atoms with van der Waals surface area (Å²) >= 11 is 0. The maximum atomic E-state index is 12.0. The molecule has 1 fully saturated rings. The summed E-state index contributed by atoms with van der Waals surface area (Å²) in [4.78, 5) is 23.9. The van der Waals surface area contributed by atoms with Gasteiger partial charge in [-0.1, -0.05) is 75.3 Å². The summed E-state index contributed by atoms with van der Waals surface area (Å²) in [5, 5.41) is 7.09. The zero-order valence-corrected chi connectivity index (χ0v) is 16.3. The van der Waals surface area contributed by atoms with E-state index in [1.165, 1.54) is 44.9 Å². The van der Waals surface area contributed by atoms with Crippen molar-refractivity contribution < 1.29 is 9.59 Å². The number of carbonyl (C=O) groups is 2. The minimum Gasteiger partial charge on any atom is -0.352 e. The van der Waals surface area contributed by atoms with E-state index in [2.05, 4.69) is 15.8 Å². The van der Waals surface area contributed by atoms with Crippen LogP contribution in [0.4, 0.5) is 0 Å². The van der Waals surface area contributed by atoms with Gasteiger partial charge < -0.3 is 5.32 Å². The topological polar surface area (TPSA) is 70.6 Å². The molecular formula is C22H33N3O2. The van der Waals surface area contributed by atoms with Gasteiger partial charge in [-0.05, 0) is 31.2 Å². The Balaban J connectivity index is 1.72. The van der Waals surface area contributed by atoms with Gasteiger partial charge in [0, 0.05) is 12.3 Å². The Morgan fingerprint density at radius 1 is 0.778 bits per heavy atom. The van der Waals surface area contributed by atoms with Crippen molar-refractivity contribution in [1.82, 2.24) is 10.7 Å². The highest BCUT2D eigenvalue weighted by Crippen LogP contribution is 2.15. The van der Waals surface area contributed by atoms with Gasteiger partial charge in [0.1, 0.15) is 6.42 Å². The molecule has 0 aromatic heterocycles. The second-order valence-electron chi connectivity index (χ2n) is 7.33. The summed E-state index contributed by atoms with van der Waals surface area (Å²) < 4.78 is 0. The molecule has 5 heteroatoms. The van der Waals surface area contributed by atoms with Gasteiger partial charge in [-0.25, -0.2) is 5.43 Å². The van der Waals surface area contributed by atoms with Gasteiger partial charge in [0.15, 0.2) is 0 Å². The number of rotatable bonds is 5. The lowest BCUT2D eigenvalue weighted by Gasteiger charge is -2.10. The third kappa shape index (κ3) is 9.92. The van der Waals surface area contributed by atoms with Crippen LogP contribution in [0.2, 0.25) is 0 Å². The third-order valence-electron chi connectivity index (χ3n) is 4.92. The Bertz CT molecular complexity index is 585. The van der Waals surface area contributed by atoms with Crippen molar-refractivity contribution in [3.05, 3.63) is 35.9 Å². The average Bonchev–Trinajstić information content (AvgIpc) is 2.67. The average molecular weight is 372 g/mol. The number of nitrogens with zero attached hydrogens (tertiary/aromatic N) is 1. The molecule has 2 rings (SSSR count). The van der Waals surface area contributed by atoms with E-state index >= 15 is 0 Å². The van der Waals surface area contributed by atoms with Crippen molar-refractivity contribution in [2.24, 2.45) is 5.10 Å². The predicted octanol–water partition coefficient (Wildman–Crippen LogP) is 4.47. The molecule has 1 aliphatic rings.